The summed E-state index contributed by atoms with van der Waals surface area (Å²) in [5.41, 5.74) is 8.14. The summed E-state index contributed by atoms with van der Waals surface area (Å²) >= 11 is 0. The van der Waals surface area contributed by atoms with E-state index >= 15 is 0 Å². The maximum atomic E-state index is 11.7. The van der Waals surface area contributed by atoms with Crippen LogP contribution in [0, 0.1) is 0 Å². The molecule has 18 heavy (non-hydrogen) atoms. The van der Waals surface area contributed by atoms with Crippen LogP contribution in [0.5, 0.6) is 0 Å². The van der Waals surface area contributed by atoms with Crippen LogP contribution in [0.15, 0.2) is 18.2 Å². The summed E-state index contributed by atoms with van der Waals surface area (Å²) in [4.78, 5) is 26.1. The monoisotopic (exact) mass is 244 g/mol. The summed E-state index contributed by atoms with van der Waals surface area (Å²) in [7, 11) is 0. The Hall–Kier alpha value is -2.10. The van der Waals surface area contributed by atoms with E-state index in [0.29, 0.717) is 5.56 Å². The number of amides is 1. The van der Waals surface area contributed by atoms with Gasteiger partial charge in [0, 0.05) is 27.7 Å². The van der Waals surface area contributed by atoms with Crippen LogP contribution >= 0.6 is 0 Å². The number of hydrogen-bond acceptors (Lipinski definition) is 2. The van der Waals surface area contributed by atoms with Gasteiger partial charge in [0.1, 0.15) is 0 Å². The van der Waals surface area contributed by atoms with Gasteiger partial charge in [-0.2, -0.15) is 0 Å². The Morgan fingerprint density at radius 1 is 1.33 bits per heavy atom. The normalized spacial score (nSPS) is 10.8. The predicted molar refractivity (Wildman–Crippen MR) is 70.8 cm³/mol. The van der Waals surface area contributed by atoms with Crippen LogP contribution in [-0.2, 0) is 6.42 Å². The van der Waals surface area contributed by atoms with E-state index in [4.69, 9.17) is 5.73 Å². The number of rotatable bonds is 4. The van der Waals surface area contributed by atoms with Gasteiger partial charge in [0.25, 0.3) is 0 Å². The van der Waals surface area contributed by atoms with E-state index in [1.165, 1.54) is 0 Å². The van der Waals surface area contributed by atoms with Crippen molar-refractivity contribution in [2.24, 2.45) is 5.73 Å². The average Bonchev–Trinajstić information content (AvgIpc) is 2.66. The molecule has 0 aliphatic carbocycles. The van der Waals surface area contributed by atoms with E-state index in [1.807, 2.05) is 0 Å². The summed E-state index contributed by atoms with van der Waals surface area (Å²) in [5, 5.41) is 0.857. The van der Waals surface area contributed by atoms with E-state index in [2.05, 4.69) is 11.9 Å². The SMILES string of the molecule is CCCc1[nH]c2cc(C(N)=O)ccc2c1C(C)=O. The number of aromatic nitrogens is 1. The molecule has 0 fully saturated rings. The van der Waals surface area contributed by atoms with Crippen molar-refractivity contribution in [2.75, 3.05) is 0 Å². The summed E-state index contributed by atoms with van der Waals surface area (Å²) in [6.07, 6.45) is 1.77. The van der Waals surface area contributed by atoms with Gasteiger partial charge in [-0.3, -0.25) is 9.59 Å². The molecule has 0 radical (unpaired) electrons. The van der Waals surface area contributed by atoms with Gasteiger partial charge in [-0.15, -0.1) is 0 Å². The topological polar surface area (TPSA) is 76.0 Å². The first-order valence-electron chi connectivity index (χ1n) is 6.00. The molecule has 0 aliphatic heterocycles. The Morgan fingerprint density at radius 2 is 2.06 bits per heavy atom. The molecule has 2 rings (SSSR count). The number of carbonyl (C=O) groups is 2. The fourth-order valence-electron chi connectivity index (χ4n) is 2.25. The average molecular weight is 244 g/mol. The number of nitrogens with two attached hydrogens (primary N) is 1. The van der Waals surface area contributed by atoms with Gasteiger partial charge in [-0.1, -0.05) is 19.4 Å². The predicted octanol–water partition coefficient (Wildman–Crippen LogP) is 2.42. The minimum Gasteiger partial charge on any atom is -0.366 e. The number of hydrogen-bond donors (Lipinski definition) is 2. The van der Waals surface area contributed by atoms with Crippen LogP contribution in [0.4, 0.5) is 0 Å². The van der Waals surface area contributed by atoms with Crippen molar-refractivity contribution in [3.8, 4) is 0 Å². The Labute approximate surface area is 105 Å². The Balaban J connectivity index is 2.68. The highest BCUT2D eigenvalue weighted by atomic mass is 16.1. The van der Waals surface area contributed by atoms with Gasteiger partial charge in [0.05, 0.1) is 0 Å². The molecule has 1 aromatic heterocycles. The molecule has 0 saturated heterocycles. The lowest BCUT2D eigenvalue weighted by atomic mass is 10.0. The zero-order valence-corrected chi connectivity index (χ0v) is 10.5. The second-order valence-corrected chi connectivity index (χ2v) is 4.41. The maximum absolute atomic E-state index is 11.7. The molecule has 1 amide bonds. The van der Waals surface area contributed by atoms with Gasteiger partial charge < -0.3 is 10.7 Å². The van der Waals surface area contributed by atoms with Crippen molar-refractivity contribution < 1.29 is 9.59 Å². The highest BCUT2D eigenvalue weighted by Crippen LogP contribution is 2.25. The number of nitrogens with one attached hydrogen (secondary N) is 1. The van der Waals surface area contributed by atoms with Gasteiger partial charge in [-0.05, 0) is 25.5 Å². The molecule has 4 heteroatoms. The van der Waals surface area contributed by atoms with Crippen molar-refractivity contribution in [1.29, 1.82) is 0 Å². The molecule has 0 unspecified atom stereocenters. The molecular weight excluding hydrogens is 228 g/mol. The van der Waals surface area contributed by atoms with Crippen LogP contribution in [0.1, 0.15) is 46.7 Å². The number of benzene rings is 1. The molecule has 0 bridgehead atoms. The van der Waals surface area contributed by atoms with E-state index < -0.39 is 5.91 Å². The lowest BCUT2D eigenvalue weighted by Crippen LogP contribution is -2.10. The fourth-order valence-corrected chi connectivity index (χ4v) is 2.25. The van der Waals surface area contributed by atoms with Crippen LogP contribution < -0.4 is 5.73 Å². The maximum Gasteiger partial charge on any atom is 0.248 e. The molecule has 2 aromatic rings. The summed E-state index contributed by atoms with van der Waals surface area (Å²) in [6, 6.07) is 5.13. The third-order valence-electron chi connectivity index (χ3n) is 3.01. The molecule has 3 N–H and O–H groups in total. The standard InChI is InChI=1S/C14H16N2O2/c1-3-4-11-13(8(2)17)10-6-5-9(14(15)18)7-12(10)16-11/h5-7,16H,3-4H2,1-2H3,(H2,15,18). The number of aromatic amines is 1. The Morgan fingerprint density at radius 3 is 2.61 bits per heavy atom. The van der Waals surface area contributed by atoms with Crippen LogP contribution in [0.25, 0.3) is 10.9 Å². The summed E-state index contributed by atoms with van der Waals surface area (Å²) < 4.78 is 0. The first kappa shape index (κ1) is 12.4. The van der Waals surface area contributed by atoms with Crippen LogP contribution in [0.3, 0.4) is 0 Å². The van der Waals surface area contributed by atoms with E-state index in [-0.39, 0.29) is 5.78 Å². The van der Waals surface area contributed by atoms with Crippen molar-refractivity contribution in [3.63, 3.8) is 0 Å². The minimum absolute atomic E-state index is 0.0384. The number of fused-ring (bicyclic) bond motifs is 1. The van der Waals surface area contributed by atoms with Gasteiger partial charge in [0.15, 0.2) is 5.78 Å². The minimum atomic E-state index is -0.465. The number of ketones is 1. The number of H-pyrrole nitrogens is 1. The highest BCUT2D eigenvalue weighted by Gasteiger charge is 2.15. The third kappa shape index (κ3) is 2.01. The molecule has 0 saturated carbocycles. The number of primary amides is 1. The quantitative estimate of drug-likeness (QED) is 0.810. The third-order valence-corrected chi connectivity index (χ3v) is 3.01. The Bertz CT molecular complexity index is 626. The first-order valence-corrected chi connectivity index (χ1v) is 6.00. The Kier molecular flexibility index (Phi) is 3.19. The number of aryl methyl sites for hydroxylation is 1. The van der Waals surface area contributed by atoms with E-state index in [9.17, 15) is 9.59 Å². The van der Waals surface area contributed by atoms with E-state index in [0.717, 1.165) is 35.0 Å². The first-order chi connectivity index (χ1) is 8.54. The zero-order valence-electron chi connectivity index (χ0n) is 10.5. The smallest absolute Gasteiger partial charge is 0.248 e. The summed E-state index contributed by atoms with van der Waals surface area (Å²) in [5.74, 6) is -0.426. The van der Waals surface area contributed by atoms with Gasteiger partial charge >= 0.3 is 0 Å². The van der Waals surface area contributed by atoms with Crippen molar-refractivity contribution in [2.45, 2.75) is 26.7 Å². The lowest BCUT2D eigenvalue weighted by Gasteiger charge is -1.98. The van der Waals surface area contributed by atoms with Crippen molar-refractivity contribution in [3.05, 3.63) is 35.0 Å². The fraction of sp³-hybridized carbons (Fsp3) is 0.286. The molecule has 0 spiro atoms. The zero-order chi connectivity index (χ0) is 13.3. The molecular formula is C14H16N2O2. The van der Waals surface area contributed by atoms with Crippen molar-refractivity contribution >= 4 is 22.6 Å². The van der Waals surface area contributed by atoms with Crippen LogP contribution in [0.2, 0.25) is 0 Å². The molecule has 0 atom stereocenters. The number of carbonyl (C=O) groups excluding carboxylic acids is 2. The second kappa shape index (κ2) is 4.64. The van der Waals surface area contributed by atoms with Crippen molar-refractivity contribution in [1.82, 2.24) is 4.98 Å². The van der Waals surface area contributed by atoms with Gasteiger partial charge in [-0.25, -0.2) is 0 Å². The molecule has 1 aromatic carbocycles. The molecule has 1 heterocycles. The van der Waals surface area contributed by atoms with Gasteiger partial charge in [0.2, 0.25) is 5.91 Å². The molecule has 0 aliphatic rings. The number of Topliss-reactive ketones (excluding diaryl/α,β-unsaturated/α-hetero) is 1. The lowest BCUT2D eigenvalue weighted by molar-refractivity contribution is 0.0996. The second-order valence-electron chi connectivity index (χ2n) is 4.41. The summed E-state index contributed by atoms with van der Waals surface area (Å²) in [6.45, 7) is 3.62. The highest BCUT2D eigenvalue weighted by molar-refractivity contribution is 6.09. The largest absolute Gasteiger partial charge is 0.366 e. The van der Waals surface area contributed by atoms with E-state index in [1.54, 1.807) is 25.1 Å². The molecule has 94 valence electrons. The van der Waals surface area contributed by atoms with Crippen LogP contribution in [-0.4, -0.2) is 16.7 Å². The molecule has 4 nitrogen and oxygen atoms in total.